The number of likely N-dealkylation sites (tertiary alicyclic amines) is 2. The Labute approximate surface area is 290 Å². The summed E-state index contributed by atoms with van der Waals surface area (Å²) in [5, 5.41) is 7.09. The van der Waals surface area contributed by atoms with Crippen LogP contribution in [-0.2, 0) is 11.2 Å². The van der Waals surface area contributed by atoms with Crippen molar-refractivity contribution in [3.63, 3.8) is 0 Å². The summed E-state index contributed by atoms with van der Waals surface area (Å²) < 4.78 is 3.24. The van der Waals surface area contributed by atoms with Gasteiger partial charge in [-0.05, 0) is 107 Å². The van der Waals surface area contributed by atoms with Crippen LogP contribution in [-0.4, -0.2) is 113 Å². The Bertz CT molecular complexity index is 1550. The van der Waals surface area contributed by atoms with Crippen LogP contribution in [0.15, 0.2) is 48.9 Å². The highest BCUT2D eigenvalue weighted by atomic mass is 79.9. The first-order chi connectivity index (χ1) is 22.2. The summed E-state index contributed by atoms with van der Waals surface area (Å²) in [6, 6.07) is 5.41. The SMILES string of the molecule is CN1CCC(N2CCN(C(=O)[C@H](Cc3cc(Br)c(N)c(Br)c3)NC(=O)N3CCC(n4cc(-c5ccsc5)[nH]c4=O)CC3)CC2)CC1. The largest absolute Gasteiger partial charge is 0.397 e. The molecule has 5 heterocycles. The number of hydrogen-bond donors (Lipinski definition) is 3. The van der Waals surface area contributed by atoms with Gasteiger partial charge in [-0.3, -0.25) is 14.3 Å². The van der Waals surface area contributed by atoms with Crippen molar-refractivity contribution in [1.29, 1.82) is 0 Å². The number of urea groups is 1. The summed E-state index contributed by atoms with van der Waals surface area (Å²) in [5.41, 5.74) is 9.28. The van der Waals surface area contributed by atoms with Crippen LogP contribution in [0.25, 0.3) is 11.3 Å². The number of hydrogen-bond acceptors (Lipinski definition) is 7. The average Bonchev–Trinajstić information content (AvgIpc) is 3.74. The minimum atomic E-state index is -0.719. The minimum Gasteiger partial charge on any atom is -0.397 e. The number of nitrogens with one attached hydrogen (secondary N) is 2. The smallest absolute Gasteiger partial charge is 0.326 e. The van der Waals surface area contributed by atoms with Gasteiger partial charge in [-0.1, -0.05) is 0 Å². The summed E-state index contributed by atoms with van der Waals surface area (Å²) in [7, 11) is 2.17. The van der Waals surface area contributed by atoms with E-state index in [2.05, 4.69) is 59.0 Å². The zero-order chi connectivity index (χ0) is 32.4. The van der Waals surface area contributed by atoms with Gasteiger partial charge in [0.25, 0.3) is 0 Å². The number of rotatable bonds is 7. The van der Waals surface area contributed by atoms with Crippen molar-refractivity contribution >= 4 is 60.8 Å². The predicted molar refractivity (Wildman–Crippen MR) is 189 cm³/mol. The van der Waals surface area contributed by atoms with E-state index in [9.17, 15) is 14.4 Å². The Kier molecular flexibility index (Phi) is 10.6. The zero-order valence-corrected chi connectivity index (χ0v) is 30.1. The Morgan fingerprint density at radius 2 is 1.63 bits per heavy atom. The van der Waals surface area contributed by atoms with Crippen molar-refractivity contribution in [2.24, 2.45) is 0 Å². The van der Waals surface area contributed by atoms with Gasteiger partial charge in [0.2, 0.25) is 5.91 Å². The quantitative estimate of drug-likeness (QED) is 0.310. The third kappa shape index (κ3) is 7.56. The van der Waals surface area contributed by atoms with Gasteiger partial charge in [-0.2, -0.15) is 11.3 Å². The van der Waals surface area contributed by atoms with Gasteiger partial charge >= 0.3 is 11.7 Å². The van der Waals surface area contributed by atoms with E-state index >= 15 is 0 Å². The number of piperidine rings is 2. The number of benzene rings is 1. The van der Waals surface area contributed by atoms with Crippen molar-refractivity contribution in [3.8, 4) is 11.3 Å². The number of aromatic amines is 1. The van der Waals surface area contributed by atoms with E-state index in [-0.39, 0.29) is 23.7 Å². The Hall–Kier alpha value is -2.65. The predicted octanol–water partition coefficient (Wildman–Crippen LogP) is 4.21. The molecule has 3 fully saturated rings. The van der Waals surface area contributed by atoms with E-state index in [1.54, 1.807) is 20.8 Å². The Morgan fingerprint density at radius 1 is 0.978 bits per heavy atom. The number of H-pyrrole nitrogens is 1. The van der Waals surface area contributed by atoms with Gasteiger partial charge < -0.3 is 30.7 Å². The third-order valence-corrected chi connectivity index (χ3v) is 11.7. The lowest BCUT2D eigenvalue weighted by atomic mass is 10.0. The minimum absolute atomic E-state index is 0.00273. The number of thiophene rings is 1. The molecule has 0 bridgehead atoms. The molecule has 248 valence electrons. The van der Waals surface area contributed by atoms with Crippen molar-refractivity contribution < 1.29 is 9.59 Å². The maximum Gasteiger partial charge on any atom is 0.326 e. The Balaban J connectivity index is 1.10. The zero-order valence-electron chi connectivity index (χ0n) is 26.1. The topological polar surface area (TPSA) is 123 Å². The molecule has 4 N–H and O–H groups in total. The second-order valence-electron chi connectivity index (χ2n) is 12.7. The molecule has 11 nitrogen and oxygen atoms in total. The first-order valence-electron chi connectivity index (χ1n) is 16.0. The van der Waals surface area contributed by atoms with Crippen molar-refractivity contribution in [2.75, 3.05) is 65.1 Å². The summed E-state index contributed by atoms with van der Waals surface area (Å²) >= 11 is 8.64. The number of aromatic nitrogens is 2. The summed E-state index contributed by atoms with van der Waals surface area (Å²) in [6.07, 6.45) is 5.87. The van der Waals surface area contributed by atoms with Crippen molar-refractivity contribution in [2.45, 2.75) is 50.2 Å². The van der Waals surface area contributed by atoms with Crippen LogP contribution in [0.4, 0.5) is 10.5 Å². The van der Waals surface area contributed by atoms with Crippen LogP contribution in [0.1, 0.15) is 37.3 Å². The number of imidazole rings is 1. The second-order valence-corrected chi connectivity index (χ2v) is 15.2. The third-order valence-electron chi connectivity index (χ3n) is 9.73. The van der Waals surface area contributed by atoms with Crippen molar-refractivity contribution in [3.05, 3.63) is 60.1 Å². The number of amides is 3. The van der Waals surface area contributed by atoms with E-state index in [1.807, 2.05) is 40.1 Å². The number of piperazine rings is 1. The maximum absolute atomic E-state index is 14.0. The molecule has 14 heteroatoms. The molecule has 3 aliphatic heterocycles. The van der Waals surface area contributed by atoms with Gasteiger partial charge in [0.15, 0.2) is 0 Å². The Morgan fingerprint density at radius 3 is 2.26 bits per heavy atom. The van der Waals surface area contributed by atoms with E-state index in [1.165, 1.54) is 0 Å². The number of anilines is 1. The monoisotopic (exact) mass is 776 g/mol. The molecule has 0 unspecified atom stereocenters. The molecule has 6 rings (SSSR count). The van der Waals surface area contributed by atoms with E-state index in [4.69, 9.17) is 5.73 Å². The molecule has 1 atom stereocenters. The van der Waals surface area contributed by atoms with E-state index in [0.717, 1.165) is 64.8 Å². The second kappa shape index (κ2) is 14.6. The molecule has 3 aromatic rings. The fraction of sp³-hybridized carbons (Fsp3) is 0.531. The van der Waals surface area contributed by atoms with Crippen molar-refractivity contribution in [1.82, 2.24) is 34.5 Å². The molecule has 0 radical (unpaired) electrons. The van der Waals surface area contributed by atoms with Gasteiger partial charge in [0, 0.05) is 83.9 Å². The van der Waals surface area contributed by atoms with Gasteiger partial charge in [0.1, 0.15) is 6.04 Å². The molecule has 46 heavy (non-hydrogen) atoms. The number of carbonyl (C=O) groups excluding carboxylic acids is 2. The van der Waals surface area contributed by atoms with Crippen LogP contribution in [0.2, 0.25) is 0 Å². The number of halogens is 2. The van der Waals surface area contributed by atoms with Crippen LogP contribution in [0, 0.1) is 0 Å². The molecule has 3 amide bonds. The first-order valence-corrected chi connectivity index (χ1v) is 18.5. The summed E-state index contributed by atoms with van der Waals surface area (Å²) in [5.74, 6) is -0.0600. The highest BCUT2D eigenvalue weighted by molar-refractivity contribution is 9.11. The molecule has 2 aromatic heterocycles. The molecule has 3 saturated heterocycles. The fourth-order valence-corrected chi connectivity index (χ4v) is 8.85. The van der Waals surface area contributed by atoms with Crippen LogP contribution < -0.4 is 16.7 Å². The van der Waals surface area contributed by atoms with Gasteiger partial charge in [-0.25, -0.2) is 9.59 Å². The molecule has 0 saturated carbocycles. The maximum atomic E-state index is 14.0. The molecule has 0 aliphatic carbocycles. The lowest BCUT2D eigenvalue weighted by Crippen LogP contribution is -2.59. The highest BCUT2D eigenvalue weighted by Crippen LogP contribution is 2.31. The fourth-order valence-electron chi connectivity index (χ4n) is 6.91. The summed E-state index contributed by atoms with van der Waals surface area (Å²) in [6.45, 7) is 6.21. The van der Waals surface area contributed by atoms with Crippen LogP contribution >= 0.6 is 43.2 Å². The standard InChI is InChI=1S/C32H42Br2N8O3S/c1-38-7-2-23(3-8-38)39-11-13-40(14-12-39)30(43)27(18-21-16-25(33)29(35)26(34)17-21)36-31(44)41-9-4-24(5-10-41)42-19-28(37-32(42)45)22-6-15-46-20-22/h6,15-17,19-20,23-24,27H,2-5,7-14,18,35H2,1H3,(H,36,44)(H,37,45)/t27-/m0/s1. The first kappa shape index (κ1) is 33.3. The van der Waals surface area contributed by atoms with Gasteiger partial charge in [-0.15, -0.1) is 0 Å². The lowest BCUT2D eigenvalue weighted by Gasteiger charge is -2.43. The van der Waals surface area contributed by atoms with Crippen LogP contribution in [0.5, 0.6) is 0 Å². The molecule has 1 aromatic carbocycles. The number of nitrogens with zero attached hydrogens (tertiary/aromatic N) is 5. The number of nitrogens with two attached hydrogens (primary N) is 1. The molecule has 3 aliphatic rings. The molecular weight excluding hydrogens is 736 g/mol. The molecule has 0 spiro atoms. The number of nitrogen functional groups attached to an aromatic ring is 1. The van der Waals surface area contributed by atoms with Gasteiger partial charge in [0.05, 0.1) is 11.4 Å². The van der Waals surface area contributed by atoms with Crippen LogP contribution in [0.3, 0.4) is 0 Å². The molecular formula is C32H42Br2N8O3S. The lowest BCUT2D eigenvalue weighted by molar-refractivity contribution is -0.135. The van der Waals surface area contributed by atoms with E-state index in [0.29, 0.717) is 57.2 Å². The summed E-state index contributed by atoms with van der Waals surface area (Å²) in [4.78, 5) is 52.0. The number of carbonyl (C=O) groups is 2. The average molecular weight is 779 g/mol. The normalized spacial score (nSPS) is 19.8. The van der Waals surface area contributed by atoms with E-state index < -0.39 is 6.04 Å². The highest BCUT2D eigenvalue weighted by Gasteiger charge is 2.34.